The summed E-state index contributed by atoms with van der Waals surface area (Å²) >= 11 is 0. The average molecular weight is 182 g/mol. The predicted octanol–water partition coefficient (Wildman–Crippen LogP) is 2.59. The standard InChI is InChI=1S/C11H22N2/c1-2-3-11(12)5-4-10-6-8-13-9-7-10/h10,12-13H,2-9H2,1H3. The lowest BCUT2D eigenvalue weighted by Crippen LogP contribution is -2.27. The van der Waals surface area contributed by atoms with Crippen molar-refractivity contribution < 1.29 is 0 Å². The van der Waals surface area contributed by atoms with Crippen molar-refractivity contribution in [2.24, 2.45) is 5.92 Å². The first-order chi connectivity index (χ1) is 6.33. The van der Waals surface area contributed by atoms with Gasteiger partial charge in [-0.3, -0.25) is 0 Å². The van der Waals surface area contributed by atoms with Gasteiger partial charge in [0.1, 0.15) is 0 Å². The SMILES string of the molecule is CCCC(=N)CCC1CCNCC1. The van der Waals surface area contributed by atoms with E-state index < -0.39 is 0 Å². The Labute approximate surface area is 81.6 Å². The minimum Gasteiger partial charge on any atom is -0.317 e. The quantitative estimate of drug-likeness (QED) is 0.630. The molecule has 1 heterocycles. The number of hydrogen-bond acceptors (Lipinski definition) is 2. The Morgan fingerprint density at radius 2 is 2.00 bits per heavy atom. The van der Waals surface area contributed by atoms with Gasteiger partial charge in [0.05, 0.1) is 0 Å². The maximum absolute atomic E-state index is 7.69. The Kier molecular flexibility index (Phi) is 5.06. The third kappa shape index (κ3) is 4.41. The van der Waals surface area contributed by atoms with Crippen LogP contribution in [0.1, 0.15) is 45.4 Å². The van der Waals surface area contributed by atoms with E-state index in [4.69, 9.17) is 5.41 Å². The molecule has 0 aromatic rings. The maximum Gasteiger partial charge on any atom is 0.00891 e. The van der Waals surface area contributed by atoms with Crippen LogP contribution in [0.15, 0.2) is 0 Å². The van der Waals surface area contributed by atoms with Crippen LogP contribution < -0.4 is 5.32 Å². The normalized spacial score (nSPS) is 18.8. The van der Waals surface area contributed by atoms with Gasteiger partial charge in [-0.25, -0.2) is 0 Å². The Morgan fingerprint density at radius 1 is 1.31 bits per heavy atom. The zero-order chi connectivity index (χ0) is 9.52. The molecule has 0 spiro atoms. The fraction of sp³-hybridized carbons (Fsp3) is 0.909. The number of hydrogen-bond donors (Lipinski definition) is 2. The third-order valence-electron chi connectivity index (χ3n) is 2.86. The summed E-state index contributed by atoms with van der Waals surface area (Å²) in [6.45, 7) is 4.52. The van der Waals surface area contributed by atoms with Gasteiger partial charge < -0.3 is 10.7 Å². The van der Waals surface area contributed by atoms with Crippen LogP contribution in [-0.2, 0) is 0 Å². The van der Waals surface area contributed by atoms with Crippen LogP contribution >= 0.6 is 0 Å². The molecule has 0 radical (unpaired) electrons. The summed E-state index contributed by atoms with van der Waals surface area (Å²) < 4.78 is 0. The van der Waals surface area contributed by atoms with E-state index in [1.165, 1.54) is 32.4 Å². The highest BCUT2D eigenvalue weighted by molar-refractivity contribution is 5.81. The molecule has 0 saturated carbocycles. The Balaban J connectivity index is 2.06. The second-order valence-corrected chi connectivity index (χ2v) is 4.09. The molecule has 0 aliphatic carbocycles. The van der Waals surface area contributed by atoms with Gasteiger partial charge in [0.2, 0.25) is 0 Å². The Hall–Kier alpha value is -0.370. The fourth-order valence-electron chi connectivity index (χ4n) is 1.98. The van der Waals surface area contributed by atoms with Crippen molar-refractivity contribution >= 4 is 5.71 Å². The topological polar surface area (TPSA) is 35.9 Å². The van der Waals surface area contributed by atoms with E-state index in [0.29, 0.717) is 0 Å². The van der Waals surface area contributed by atoms with Gasteiger partial charge >= 0.3 is 0 Å². The van der Waals surface area contributed by atoms with Crippen LogP contribution in [0, 0.1) is 11.3 Å². The molecule has 2 nitrogen and oxygen atoms in total. The third-order valence-corrected chi connectivity index (χ3v) is 2.86. The molecule has 1 rings (SSSR count). The number of piperidine rings is 1. The summed E-state index contributed by atoms with van der Waals surface area (Å²) in [7, 11) is 0. The highest BCUT2D eigenvalue weighted by atomic mass is 14.9. The van der Waals surface area contributed by atoms with Gasteiger partial charge in [-0.1, -0.05) is 13.3 Å². The smallest absolute Gasteiger partial charge is 0.00891 e. The highest BCUT2D eigenvalue weighted by Crippen LogP contribution is 2.18. The van der Waals surface area contributed by atoms with E-state index in [0.717, 1.165) is 30.9 Å². The summed E-state index contributed by atoms with van der Waals surface area (Å²) in [4.78, 5) is 0. The largest absolute Gasteiger partial charge is 0.317 e. The first-order valence-electron chi connectivity index (χ1n) is 5.60. The molecule has 0 aromatic carbocycles. The molecule has 0 unspecified atom stereocenters. The molecule has 13 heavy (non-hydrogen) atoms. The van der Waals surface area contributed by atoms with E-state index in [2.05, 4.69) is 12.2 Å². The molecule has 2 N–H and O–H groups in total. The molecular weight excluding hydrogens is 160 g/mol. The molecule has 1 fully saturated rings. The van der Waals surface area contributed by atoms with Gasteiger partial charge in [-0.2, -0.15) is 0 Å². The second kappa shape index (κ2) is 6.14. The lowest BCUT2D eigenvalue weighted by molar-refractivity contribution is 0.358. The number of nitrogens with one attached hydrogen (secondary N) is 2. The van der Waals surface area contributed by atoms with Gasteiger partial charge in [0.15, 0.2) is 0 Å². The fourth-order valence-corrected chi connectivity index (χ4v) is 1.98. The molecule has 0 amide bonds. The van der Waals surface area contributed by atoms with Gasteiger partial charge in [-0.05, 0) is 51.1 Å². The number of rotatable bonds is 5. The first-order valence-corrected chi connectivity index (χ1v) is 5.60. The van der Waals surface area contributed by atoms with Crippen LogP contribution in [0.3, 0.4) is 0 Å². The molecule has 0 bridgehead atoms. The van der Waals surface area contributed by atoms with Crippen molar-refractivity contribution in [3.63, 3.8) is 0 Å². The molecule has 0 aromatic heterocycles. The molecular formula is C11H22N2. The van der Waals surface area contributed by atoms with Crippen LogP contribution in [-0.4, -0.2) is 18.8 Å². The molecule has 1 aliphatic heterocycles. The van der Waals surface area contributed by atoms with E-state index in [-0.39, 0.29) is 0 Å². The van der Waals surface area contributed by atoms with Gasteiger partial charge in [0.25, 0.3) is 0 Å². The van der Waals surface area contributed by atoms with Crippen molar-refractivity contribution in [1.29, 1.82) is 5.41 Å². The molecule has 2 heteroatoms. The zero-order valence-corrected chi connectivity index (χ0v) is 8.73. The van der Waals surface area contributed by atoms with E-state index in [9.17, 15) is 0 Å². The van der Waals surface area contributed by atoms with Crippen LogP contribution in [0.25, 0.3) is 0 Å². The van der Waals surface area contributed by atoms with Gasteiger partial charge in [0, 0.05) is 5.71 Å². The summed E-state index contributed by atoms with van der Waals surface area (Å²) in [5.41, 5.74) is 0.959. The lowest BCUT2D eigenvalue weighted by Gasteiger charge is -2.22. The summed E-state index contributed by atoms with van der Waals surface area (Å²) in [6, 6.07) is 0. The van der Waals surface area contributed by atoms with Gasteiger partial charge in [-0.15, -0.1) is 0 Å². The molecule has 0 atom stereocenters. The van der Waals surface area contributed by atoms with E-state index in [1.807, 2.05) is 0 Å². The second-order valence-electron chi connectivity index (χ2n) is 4.09. The molecule has 1 saturated heterocycles. The maximum atomic E-state index is 7.69. The monoisotopic (exact) mass is 182 g/mol. The minimum atomic E-state index is 0.887. The summed E-state index contributed by atoms with van der Waals surface area (Å²) in [5.74, 6) is 0.887. The lowest BCUT2D eigenvalue weighted by atomic mass is 9.91. The molecule has 1 aliphatic rings. The minimum absolute atomic E-state index is 0.887. The average Bonchev–Trinajstić information content (AvgIpc) is 2.17. The van der Waals surface area contributed by atoms with Crippen LogP contribution in [0.4, 0.5) is 0 Å². The van der Waals surface area contributed by atoms with Crippen molar-refractivity contribution in [2.45, 2.75) is 45.4 Å². The first kappa shape index (κ1) is 10.7. The van der Waals surface area contributed by atoms with E-state index >= 15 is 0 Å². The summed E-state index contributed by atoms with van der Waals surface area (Å²) in [5, 5.41) is 11.1. The zero-order valence-electron chi connectivity index (χ0n) is 8.73. The Bertz CT molecular complexity index is 148. The molecule has 76 valence electrons. The van der Waals surface area contributed by atoms with Crippen LogP contribution in [0.5, 0.6) is 0 Å². The summed E-state index contributed by atoms with van der Waals surface area (Å²) in [6.07, 6.45) is 7.06. The van der Waals surface area contributed by atoms with Crippen molar-refractivity contribution in [1.82, 2.24) is 5.32 Å². The predicted molar refractivity (Wildman–Crippen MR) is 57.5 cm³/mol. The van der Waals surface area contributed by atoms with Crippen LogP contribution in [0.2, 0.25) is 0 Å². The van der Waals surface area contributed by atoms with Crippen molar-refractivity contribution in [3.05, 3.63) is 0 Å². The highest BCUT2D eigenvalue weighted by Gasteiger charge is 2.12. The van der Waals surface area contributed by atoms with Crippen molar-refractivity contribution in [2.75, 3.05) is 13.1 Å². The Morgan fingerprint density at radius 3 is 2.62 bits per heavy atom. The van der Waals surface area contributed by atoms with Crippen molar-refractivity contribution in [3.8, 4) is 0 Å². The van der Waals surface area contributed by atoms with E-state index in [1.54, 1.807) is 0 Å².